The van der Waals surface area contributed by atoms with Crippen molar-refractivity contribution in [2.45, 2.75) is 51.0 Å². The van der Waals surface area contributed by atoms with Crippen LogP contribution in [0.2, 0.25) is 0 Å². The number of allylic oxidation sites excluding steroid dienone is 2. The maximum absolute atomic E-state index is 12.4. The molecule has 2 aliphatic heterocycles. The number of fused-ring (bicyclic) bond motifs is 2. The highest BCUT2D eigenvalue weighted by Crippen LogP contribution is 2.45. The first-order valence-electron chi connectivity index (χ1n) is 8.95. The summed E-state index contributed by atoms with van der Waals surface area (Å²) in [5, 5.41) is 9.27. The molecule has 136 valence electrons. The van der Waals surface area contributed by atoms with Crippen LogP contribution in [0.15, 0.2) is 18.2 Å². The van der Waals surface area contributed by atoms with Gasteiger partial charge in [-0.1, -0.05) is 12.2 Å². The fourth-order valence-corrected chi connectivity index (χ4v) is 4.96. The molecule has 1 aromatic heterocycles. The van der Waals surface area contributed by atoms with Gasteiger partial charge in [-0.25, -0.2) is 4.79 Å². The summed E-state index contributed by atoms with van der Waals surface area (Å²) < 4.78 is 6.14. The first kappa shape index (κ1) is 18.1. The molecule has 0 unspecified atom stereocenters. The molecule has 1 spiro atoms. The molecule has 1 aromatic rings. The number of amides is 1. The molecule has 25 heavy (non-hydrogen) atoms. The van der Waals surface area contributed by atoms with E-state index in [-0.39, 0.29) is 5.91 Å². The van der Waals surface area contributed by atoms with Gasteiger partial charge in [0.15, 0.2) is 0 Å². The van der Waals surface area contributed by atoms with Crippen molar-refractivity contribution in [3.05, 3.63) is 33.5 Å². The summed E-state index contributed by atoms with van der Waals surface area (Å²) >= 11 is 1.34. The van der Waals surface area contributed by atoms with Gasteiger partial charge in [0.25, 0.3) is 0 Å². The predicted octanol–water partition coefficient (Wildman–Crippen LogP) is 3.58. The lowest BCUT2D eigenvalue weighted by Gasteiger charge is -2.43. The fraction of sp³-hybridized carbons (Fsp3) is 0.579. The molecule has 0 radical (unpaired) electrons. The van der Waals surface area contributed by atoms with Gasteiger partial charge >= 0.3 is 5.97 Å². The second-order valence-electron chi connectivity index (χ2n) is 6.70. The van der Waals surface area contributed by atoms with E-state index in [1.165, 1.54) is 11.3 Å². The predicted molar refractivity (Wildman–Crippen MR) is 97.1 cm³/mol. The van der Waals surface area contributed by atoms with Crippen LogP contribution >= 0.6 is 11.3 Å². The van der Waals surface area contributed by atoms with Gasteiger partial charge in [0.05, 0.1) is 6.61 Å². The third kappa shape index (κ3) is 3.80. The number of likely N-dealkylation sites (tertiary alicyclic amines) is 1. The SMILES string of the molecule is CC=CCCCC(=O)N1CCC2(CC1)OCCc1cc(C(=O)O)sc12. The molecule has 6 heteroatoms. The minimum atomic E-state index is -0.872. The highest BCUT2D eigenvalue weighted by atomic mass is 32.1. The smallest absolute Gasteiger partial charge is 0.345 e. The monoisotopic (exact) mass is 363 g/mol. The molecule has 1 N–H and O–H groups in total. The van der Waals surface area contributed by atoms with Crippen molar-refractivity contribution in [2.75, 3.05) is 19.7 Å². The van der Waals surface area contributed by atoms with Crippen LogP contribution in [0, 0.1) is 0 Å². The van der Waals surface area contributed by atoms with E-state index < -0.39 is 11.6 Å². The van der Waals surface area contributed by atoms with Gasteiger partial charge in [-0.05, 0) is 50.7 Å². The number of thiophene rings is 1. The lowest BCUT2D eigenvalue weighted by atomic mass is 9.85. The Morgan fingerprint density at radius 1 is 1.40 bits per heavy atom. The molecule has 1 amide bonds. The first-order valence-corrected chi connectivity index (χ1v) is 9.77. The van der Waals surface area contributed by atoms with Crippen LogP contribution in [0.3, 0.4) is 0 Å². The van der Waals surface area contributed by atoms with Crippen LogP contribution < -0.4 is 0 Å². The Kier molecular flexibility index (Phi) is 5.59. The number of carboxylic acid groups (broad SMARTS) is 1. The highest BCUT2D eigenvalue weighted by molar-refractivity contribution is 7.14. The van der Waals surface area contributed by atoms with E-state index in [1.54, 1.807) is 6.07 Å². The van der Waals surface area contributed by atoms with Crippen molar-refractivity contribution in [3.8, 4) is 0 Å². The molecule has 0 saturated carbocycles. The number of ether oxygens (including phenoxy) is 1. The normalized spacial score (nSPS) is 19.3. The number of aromatic carboxylic acids is 1. The van der Waals surface area contributed by atoms with Crippen molar-refractivity contribution in [1.82, 2.24) is 4.90 Å². The van der Waals surface area contributed by atoms with Gasteiger partial charge in [0.2, 0.25) is 5.91 Å². The highest BCUT2D eigenvalue weighted by Gasteiger charge is 2.43. The first-order chi connectivity index (χ1) is 12.1. The summed E-state index contributed by atoms with van der Waals surface area (Å²) in [7, 11) is 0. The van der Waals surface area contributed by atoms with Crippen LogP contribution in [0.4, 0.5) is 0 Å². The lowest BCUT2D eigenvalue weighted by molar-refractivity contribution is -0.140. The third-order valence-electron chi connectivity index (χ3n) is 5.10. The summed E-state index contributed by atoms with van der Waals surface area (Å²) in [5.74, 6) is -0.656. The molecule has 2 aliphatic rings. The Labute approximate surface area is 152 Å². The molecule has 1 fully saturated rings. The molecular formula is C19H25NO4S. The number of carbonyl (C=O) groups excluding carboxylic acids is 1. The van der Waals surface area contributed by atoms with Crippen LogP contribution in [-0.4, -0.2) is 41.6 Å². The van der Waals surface area contributed by atoms with Gasteiger partial charge in [-0.3, -0.25) is 4.79 Å². The summed E-state index contributed by atoms with van der Waals surface area (Å²) in [4.78, 5) is 27.0. The second kappa shape index (κ2) is 7.70. The average molecular weight is 363 g/mol. The standard InChI is InChI=1S/C19H25NO4S/c1-2-3-4-5-6-16(21)20-10-8-19(9-11-20)17-14(7-12-24-19)13-15(25-17)18(22)23/h2-3,13H,4-12H2,1H3,(H,22,23). The zero-order valence-corrected chi connectivity index (χ0v) is 15.4. The van der Waals surface area contributed by atoms with Crippen molar-refractivity contribution in [1.29, 1.82) is 0 Å². The molecule has 0 aliphatic carbocycles. The molecule has 3 rings (SSSR count). The molecule has 5 nitrogen and oxygen atoms in total. The molecular weight excluding hydrogens is 338 g/mol. The minimum absolute atomic E-state index is 0.216. The third-order valence-corrected chi connectivity index (χ3v) is 6.46. The molecule has 1 saturated heterocycles. The Hall–Kier alpha value is -1.66. The number of piperidine rings is 1. The maximum Gasteiger partial charge on any atom is 0.345 e. The van der Waals surface area contributed by atoms with E-state index in [1.807, 2.05) is 17.9 Å². The topological polar surface area (TPSA) is 66.8 Å². The van der Waals surface area contributed by atoms with Gasteiger partial charge in [0.1, 0.15) is 10.5 Å². The largest absolute Gasteiger partial charge is 0.477 e. The zero-order valence-electron chi connectivity index (χ0n) is 14.6. The number of carbonyl (C=O) groups is 2. The lowest BCUT2D eigenvalue weighted by Crippen LogP contribution is -2.47. The number of carboxylic acids is 1. The van der Waals surface area contributed by atoms with Gasteiger partial charge in [-0.15, -0.1) is 11.3 Å². The Morgan fingerprint density at radius 3 is 2.84 bits per heavy atom. The Bertz CT molecular complexity index is 671. The number of unbranched alkanes of at least 4 members (excludes halogenated alkanes) is 1. The number of hydrogen-bond acceptors (Lipinski definition) is 4. The van der Waals surface area contributed by atoms with E-state index in [4.69, 9.17) is 4.74 Å². The van der Waals surface area contributed by atoms with Crippen molar-refractivity contribution in [3.63, 3.8) is 0 Å². The summed E-state index contributed by atoms with van der Waals surface area (Å²) in [5.41, 5.74) is 0.716. The van der Waals surface area contributed by atoms with Gasteiger partial charge in [0, 0.05) is 24.4 Å². The number of rotatable bonds is 5. The van der Waals surface area contributed by atoms with E-state index in [9.17, 15) is 14.7 Å². The molecule has 3 heterocycles. The van der Waals surface area contributed by atoms with Crippen LogP contribution in [0.5, 0.6) is 0 Å². The molecule has 0 atom stereocenters. The van der Waals surface area contributed by atoms with E-state index in [0.717, 1.165) is 42.5 Å². The van der Waals surface area contributed by atoms with E-state index in [2.05, 4.69) is 6.08 Å². The average Bonchev–Trinajstić information content (AvgIpc) is 3.06. The summed E-state index contributed by atoms with van der Waals surface area (Å²) in [6, 6.07) is 1.80. The molecule has 0 bridgehead atoms. The maximum atomic E-state index is 12.4. The van der Waals surface area contributed by atoms with Gasteiger partial charge < -0.3 is 14.7 Å². The Morgan fingerprint density at radius 2 is 2.16 bits per heavy atom. The van der Waals surface area contributed by atoms with Crippen LogP contribution in [-0.2, 0) is 21.6 Å². The number of hydrogen-bond donors (Lipinski definition) is 1. The van der Waals surface area contributed by atoms with Crippen LogP contribution in [0.1, 0.15) is 59.1 Å². The summed E-state index contributed by atoms with van der Waals surface area (Å²) in [6.07, 6.45) is 8.80. The molecule has 0 aromatic carbocycles. The quantitative estimate of drug-likeness (QED) is 0.641. The van der Waals surface area contributed by atoms with Gasteiger partial charge in [-0.2, -0.15) is 0 Å². The van der Waals surface area contributed by atoms with Crippen molar-refractivity contribution >= 4 is 23.2 Å². The van der Waals surface area contributed by atoms with Crippen molar-refractivity contribution < 1.29 is 19.4 Å². The summed E-state index contributed by atoms with van der Waals surface area (Å²) in [6.45, 7) is 3.98. The van der Waals surface area contributed by atoms with Crippen molar-refractivity contribution in [2.24, 2.45) is 0 Å². The Balaban J connectivity index is 1.64. The van der Waals surface area contributed by atoms with Crippen LogP contribution in [0.25, 0.3) is 0 Å². The zero-order chi connectivity index (χ0) is 17.9. The number of nitrogens with zero attached hydrogens (tertiary/aromatic N) is 1. The van der Waals surface area contributed by atoms with E-state index >= 15 is 0 Å². The fourth-order valence-electron chi connectivity index (χ4n) is 3.71. The minimum Gasteiger partial charge on any atom is -0.477 e. The second-order valence-corrected chi connectivity index (χ2v) is 7.76. The van der Waals surface area contributed by atoms with E-state index in [0.29, 0.717) is 31.0 Å².